The molecule has 1 saturated heterocycles. The van der Waals surface area contributed by atoms with Gasteiger partial charge in [-0.05, 0) is 36.8 Å². The minimum absolute atomic E-state index is 0.0427. The minimum Gasteiger partial charge on any atom is -0.369 e. The molecule has 1 aliphatic rings. The second-order valence-electron chi connectivity index (χ2n) is 7.33. The monoisotopic (exact) mass is 380 g/mol. The zero-order valence-corrected chi connectivity index (χ0v) is 16.3. The molecule has 0 aliphatic carbocycles. The van der Waals surface area contributed by atoms with Gasteiger partial charge in [0.2, 0.25) is 0 Å². The van der Waals surface area contributed by atoms with E-state index in [1.54, 1.807) is 12.1 Å². The van der Waals surface area contributed by atoms with Crippen LogP contribution in [0.25, 0.3) is 0 Å². The number of rotatable bonds is 5. The van der Waals surface area contributed by atoms with Crippen molar-refractivity contribution in [3.05, 3.63) is 82.7 Å². The van der Waals surface area contributed by atoms with E-state index in [4.69, 9.17) is 9.72 Å². The number of halogens is 1. The smallest absolute Gasteiger partial charge is 0.123 e. The first kappa shape index (κ1) is 18.8. The highest BCUT2D eigenvalue weighted by Gasteiger charge is 2.24. The molecule has 0 saturated carbocycles. The van der Waals surface area contributed by atoms with E-state index in [0.29, 0.717) is 13.0 Å². The van der Waals surface area contributed by atoms with Crippen LogP contribution >= 0.6 is 0 Å². The van der Waals surface area contributed by atoms with Gasteiger partial charge in [-0.25, -0.2) is 4.39 Å². The van der Waals surface area contributed by atoms with Crippen molar-refractivity contribution in [2.45, 2.75) is 26.0 Å². The third kappa shape index (κ3) is 4.29. The molecule has 1 fully saturated rings. The lowest BCUT2D eigenvalue weighted by Crippen LogP contribution is -2.38. The van der Waals surface area contributed by atoms with Gasteiger partial charge in [0.05, 0.1) is 18.5 Å². The van der Waals surface area contributed by atoms with E-state index >= 15 is 0 Å². The maximum Gasteiger partial charge on any atom is 0.123 e. The van der Waals surface area contributed by atoms with Crippen molar-refractivity contribution in [1.82, 2.24) is 19.7 Å². The molecule has 1 aromatic carbocycles. The number of aryl methyl sites for hydroxylation is 1. The minimum atomic E-state index is -0.218. The number of hydrogen-bond donors (Lipinski definition) is 0. The molecule has 28 heavy (non-hydrogen) atoms. The molecule has 5 nitrogen and oxygen atoms in total. The van der Waals surface area contributed by atoms with Crippen LogP contribution < -0.4 is 0 Å². The Morgan fingerprint density at radius 3 is 2.75 bits per heavy atom. The van der Waals surface area contributed by atoms with Crippen LogP contribution in [-0.2, 0) is 24.8 Å². The zero-order chi connectivity index (χ0) is 19.5. The van der Waals surface area contributed by atoms with Crippen LogP contribution in [0.1, 0.15) is 34.3 Å². The Morgan fingerprint density at radius 2 is 2.00 bits per heavy atom. The lowest BCUT2D eigenvalue weighted by Gasteiger charge is -2.32. The standard InChI is InChI=1S/C22H25FN4O/c1-16-18(13-24-26(16)2)14-27-10-11-28-22(15-27)21-5-3-4-20(25-21)12-17-6-8-19(23)9-7-17/h3-9,13,22H,10-12,14-15H2,1-2H3/t22-/m0/s1. The van der Waals surface area contributed by atoms with Gasteiger partial charge in [-0.15, -0.1) is 0 Å². The molecule has 0 N–H and O–H groups in total. The van der Waals surface area contributed by atoms with E-state index in [-0.39, 0.29) is 11.9 Å². The highest BCUT2D eigenvalue weighted by Crippen LogP contribution is 2.23. The Morgan fingerprint density at radius 1 is 1.18 bits per heavy atom. The SMILES string of the molecule is Cc1c(CN2CCO[C@H](c3cccc(Cc4ccc(F)cc4)n3)C2)cnn1C. The van der Waals surface area contributed by atoms with Gasteiger partial charge in [-0.1, -0.05) is 18.2 Å². The molecule has 6 heteroatoms. The Kier molecular flexibility index (Phi) is 5.50. The first-order valence-corrected chi connectivity index (χ1v) is 9.60. The predicted molar refractivity (Wildman–Crippen MR) is 105 cm³/mol. The Balaban J connectivity index is 1.44. The fourth-order valence-corrected chi connectivity index (χ4v) is 3.55. The first-order valence-electron chi connectivity index (χ1n) is 9.60. The van der Waals surface area contributed by atoms with Gasteiger partial charge < -0.3 is 4.74 Å². The fourth-order valence-electron chi connectivity index (χ4n) is 3.55. The average molecular weight is 380 g/mol. The molecule has 0 unspecified atom stereocenters. The molecular formula is C22H25FN4O. The number of benzene rings is 1. The number of aromatic nitrogens is 3. The molecule has 0 spiro atoms. The number of pyridine rings is 1. The third-order valence-corrected chi connectivity index (χ3v) is 5.34. The molecular weight excluding hydrogens is 355 g/mol. The van der Waals surface area contributed by atoms with E-state index in [1.165, 1.54) is 23.4 Å². The summed E-state index contributed by atoms with van der Waals surface area (Å²) in [4.78, 5) is 7.21. The summed E-state index contributed by atoms with van der Waals surface area (Å²) < 4.78 is 21.0. The highest BCUT2D eigenvalue weighted by molar-refractivity contribution is 5.24. The summed E-state index contributed by atoms with van der Waals surface area (Å²) in [6.45, 7) is 5.37. The number of morpholine rings is 1. The summed E-state index contributed by atoms with van der Waals surface area (Å²) >= 11 is 0. The quantitative estimate of drug-likeness (QED) is 0.680. The molecule has 4 rings (SSSR count). The molecule has 2 aromatic heterocycles. The van der Waals surface area contributed by atoms with Crippen molar-refractivity contribution in [2.75, 3.05) is 19.7 Å². The van der Waals surface area contributed by atoms with Crippen molar-refractivity contribution in [1.29, 1.82) is 0 Å². The maximum absolute atomic E-state index is 13.1. The van der Waals surface area contributed by atoms with Crippen LogP contribution in [0.15, 0.2) is 48.7 Å². The van der Waals surface area contributed by atoms with Crippen molar-refractivity contribution in [3.63, 3.8) is 0 Å². The van der Waals surface area contributed by atoms with E-state index in [2.05, 4.69) is 16.9 Å². The van der Waals surface area contributed by atoms with Crippen LogP contribution in [0.2, 0.25) is 0 Å². The Bertz CT molecular complexity index is 938. The predicted octanol–water partition coefficient (Wildman–Crippen LogP) is 3.43. The van der Waals surface area contributed by atoms with Crippen molar-refractivity contribution >= 4 is 0 Å². The number of ether oxygens (including phenoxy) is 1. The lowest BCUT2D eigenvalue weighted by atomic mass is 10.1. The van der Waals surface area contributed by atoms with Gasteiger partial charge in [-0.3, -0.25) is 14.6 Å². The third-order valence-electron chi connectivity index (χ3n) is 5.34. The summed E-state index contributed by atoms with van der Waals surface area (Å²) in [5, 5.41) is 4.34. The van der Waals surface area contributed by atoms with E-state index in [0.717, 1.165) is 36.6 Å². The zero-order valence-electron chi connectivity index (χ0n) is 16.3. The summed E-state index contributed by atoms with van der Waals surface area (Å²) in [7, 11) is 1.97. The maximum atomic E-state index is 13.1. The van der Waals surface area contributed by atoms with Crippen LogP contribution in [-0.4, -0.2) is 39.4 Å². The Hall–Kier alpha value is -2.57. The number of hydrogen-bond acceptors (Lipinski definition) is 4. The molecule has 3 heterocycles. The van der Waals surface area contributed by atoms with E-state index in [9.17, 15) is 4.39 Å². The second-order valence-corrected chi connectivity index (χ2v) is 7.33. The summed E-state index contributed by atoms with van der Waals surface area (Å²) in [5.41, 5.74) is 5.41. The first-order chi connectivity index (χ1) is 13.6. The topological polar surface area (TPSA) is 43.2 Å². The van der Waals surface area contributed by atoms with Crippen LogP contribution in [0.5, 0.6) is 0 Å². The van der Waals surface area contributed by atoms with Gasteiger partial charge >= 0.3 is 0 Å². The summed E-state index contributed by atoms with van der Waals surface area (Å²) in [6.07, 6.45) is 2.58. The molecule has 3 aromatic rings. The summed E-state index contributed by atoms with van der Waals surface area (Å²) in [6, 6.07) is 12.6. The second kappa shape index (κ2) is 8.20. The van der Waals surface area contributed by atoms with Gasteiger partial charge in [0, 0.05) is 50.1 Å². The summed E-state index contributed by atoms with van der Waals surface area (Å²) in [5.74, 6) is -0.218. The Labute approximate surface area is 164 Å². The molecule has 0 radical (unpaired) electrons. The van der Waals surface area contributed by atoms with Crippen molar-refractivity contribution in [2.24, 2.45) is 7.05 Å². The molecule has 1 atom stereocenters. The molecule has 1 aliphatic heterocycles. The lowest BCUT2D eigenvalue weighted by molar-refractivity contribution is -0.0351. The van der Waals surface area contributed by atoms with Crippen LogP contribution in [0, 0.1) is 12.7 Å². The average Bonchev–Trinajstić information content (AvgIpc) is 3.02. The highest BCUT2D eigenvalue weighted by atomic mass is 19.1. The molecule has 0 bridgehead atoms. The largest absolute Gasteiger partial charge is 0.369 e. The van der Waals surface area contributed by atoms with Crippen LogP contribution in [0.4, 0.5) is 4.39 Å². The van der Waals surface area contributed by atoms with Crippen molar-refractivity contribution in [3.8, 4) is 0 Å². The molecule has 0 amide bonds. The van der Waals surface area contributed by atoms with Gasteiger partial charge in [0.25, 0.3) is 0 Å². The van der Waals surface area contributed by atoms with Crippen LogP contribution in [0.3, 0.4) is 0 Å². The normalized spacial score (nSPS) is 17.8. The fraction of sp³-hybridized carbons (Fsp3) is 0.364. The van der Waals surface area contributed by atoms with Gasteiger partial charge in [0.15, 0.2) is 0 Å². The van der Waals surface area contributed by atoms with Gasteiger partial charge in [0.1, 0.15) is 11.9 Å². The molecule has 146 valence electrons. The van der Waals surface area contributed by atoms with E-state index in [1.807, 2.05) is 36.1 Å². The number of nitrogens with zero attached hydrogens (tertiary/aromatic N) is 4. The van der Waals surface area contributed by atoms with E-state index < -0.39 is 0 Å². The van der Waals surface area contributed by atoms with Crippen molar-refractivity contribution < 1.29 is 9.13 Å². The van der Waals surface area contributed by atoms with Gasteiger partial charge in [-0.2, -0.15) is 5.10 Å².